The van der Waals surface area contributed by atoms with E-state index >= 15 is 0 Å². The Morgan fingerprint density at radius 1 is 1.24 bits per heavy atom. The predicted octanol–water partition coefficient (Wildman–Crippen LogP) is -1.34. The largest absolute Gasteiger partial charge is 1.00 e. The summed E-state index contributed by atoms with van der Waals surface area (Å²) in [6.45, 7) is 7.37. The number of benzene rings is 1. The van der Waals surface area contributed by atoms with Crippen molar-refractivity contribution < 1.29 is 51.2 Å². The maximum absolute atomic E-state index is 9.35. The minimum Gasteiger partial charge on any atom is -1.00 e. The smallest absolute Gasteiger partial charge is 1.00 e. The molecule has 1 aromatic rings. The summed E-state index contributed by atoms with van der Waals surface area (Å²) in [5.74, 6) is 0. The first kappa shape index (κ1) is 23.0. The van der Waals surface area contributed by atoms with Crippen molar-refractivity contribution in [1.82, 2.24) is 0 Å². The fourth-order valence-corrected chi connectivity index (χ4v) is 12.7. The fraction of sp³-hybridized carbons (Fsp3) is 0.350. The molecule has 3 rings (SSSR count). The Balaban J connectivity index is 0.00000156. The normalized spacial score (nSPS) is 18.2. The zero-order chi connectivity index (χ0) is 16.4. The molecular weight excluding hydrogens is 446 g/mol. The monoisotopic (exact) mass is 470 g/mol. The van der Waals surface area contributed by atoms with Crippen LogP contribution in [0, 0.1) is 0 Å². The van der Waals surface area contributed by atoms with Gasteiger partial charge in [-0.05, 0) is 0 Å². The molecule has 134 valence electrons. The number of rotatable bonds is 5. The van der Waals surface area contributed by atoms with Crippen molar-refractivity contribution >= 4 is 17.9 Å². The minimum atomic E-state index is -1.80. The van der Waals surface area contributed by atoms with Crippen molar-refractivity contribution in [2.24, 2.45) is 0 Å². The zero-order valence-corrected chi connectivity index (χ0v) is 20.1. The molecule has 0 radical (unpaired) electrons. The zero-order valence-electron chi connectivity index (χ0n) is 15.1. The molecule has 0 aliphatic heterocycles. The average Bonchev–Trinajstić information content (AvgIpc) is 3.17. The number of hydrogen-bond donors (Lipinski definition) is 1. The first-order chi connectivity index (χ1) is 11.1. The maximum atomic E-state index is 9.35. The van der Waals surface area contributed by atoms with Gasteiger partial charge < -0.3 is 24.8 Å². The second kappa shape index (κ2) is 9.76. The van der Waals surface area contributed by atoms with Crippen molar-refractivity contribution in [2.45, 2.75) is 36.1 Å². The van der Waals surface area contributed by atoms with Crippen LogP contribution in [0.3, 0.4) is 0 Å². The van der Waals surface area contributed by atoms with E-state index in [1.165, 1.54) is 5.56 Å². The molecule has 0 heterocycles. The minimum absolute atomic E-state index is 0. The standard InChI is InChI=1S/C9H15OSi.C9H7.C2H4.2ClH.Zr/c1-11(2,8-7-10)9-5-3-4-6-9;1-2-5-9-7-3-6-8(9)4-1;1-2;;;/h5-6,10H,3,7-8H2,1-2H3;1-7H;1H,2H3;2*1H;/q;;;;;+2/p-2. The molecule has 1 nitrogen and oxygen atoms in total. The molecule has 0 bridgehead atoms. The molecule has 0 saturated heterocycles. The van der Waals surface area contributed by atoms with Gasteiger partial charge >= 0.3 is 149 Å². The van der Waals surface area contributed by atoms with Crippen LogP contribution in [-0.2, 0) is 21.3 Å². The van der Waals surface area contributed by atoms with E-state index in [0.717, 1.165) is 12.5 Å². The summed E-state index contributed by atoms with van der Waals surface area (Å²) >= 11 is -1.80. The van der Waals surface area contributed by atoms with E-state index in [4.69, 9.17) is 0 Å². The molecule has 5 heteroatoms. The van der Waals surface area contributed by atoms with Crippen molar-refractivity contribution in [1.29, 1.82) is 0 Å². The second-order valence-electron chi connectivity index (χ2n) is 7.10. The van der Waals surface area contributed by atoms with E-state index < -0.39 is 29.3 Å². The van der Waals surface area contributed by atoms with Crippen molar-refractivity contribution in [2.75, 3.05) is 6.61 Å². The van der Waals surface area contributed by atoms with Crippen LogP contribution in [0.1, 0.15) is 28.1 Å². The average molecular weight is 473 g/mol. The Labute approximate surface area is 172 Å². The quantitative estimate of drug-likeness (QED) is 0.526. The first-order valence-electron chi connectivity index (χ1n) is 8.52. The van der Waals surface area contributed by atoms with Gasteiger partial charge in [0, 0.05) is 0 Å². The van der Waals surface area contributed by atoms with Gasteiger partial charge in [-0.2, -0.15) is 0 Å². The third-order valence-corrected chi connectivity index (χ3v) is 15.7. The molecule has 1 atom stereocenters. The third-order valence-electron chi connectivity index (χ3n) is 5.21. The van der Waals surface area contributed by atoms with Crippen LogP contribution < -0.4 is 24.8 Å². The van der Waals surface area contributed by atoms with Gasteiger partial charge in [-0.25, -0.2) is 0 Å². The molecule has 2 aliphatic carbocycles. The van der Waals surface area contributed by atoms with E-state index in [1.807, 2.05) is 0 Å². The SMILES string of the molecule is C[CH]=[Zr+2]([C]1=CC([Si](C)(C)CCO)=CC1)[CH]1C=Cc2ccccc21.[Cl-].[Cl-]. The Kier molecular flexibility index (Phi) is 8.98. The molecule has 0 fully saturated rings. The van der Waals surface area contributed by atoms with Gasteiger partial charge in [-0.15, -0.1) is 0 Å². The molecule has 0 aromatic heterocycles. The molecular formula is C20H26Cl2OSiZr. The Morgan fingerprint density at radius 2 is 1.96 bits per heavy atom. The number of aliphatic hydroxyl groups is 1. The third kappa shape index (κ3) is 4.82. The van der Waals surface area contributed by atoms with Crippen LogP contribution >= 0.6 is 0 Å². The number of hydrogen-bond acceptors (Lipinski definition) is 1. The molecule has 1 aromatic carbocycles. The van der Waals surface area contributed by atoms with E-state index in [-0.39, 0.29) is 24.8 Å². The number of aliphatic hydroxyl groups excluding tert-OH is 1. The Bertz CT molecular complexity index is 735. The summed E-state index contributed by atoms with van der Waals surface area (Å²) in [4.78, 5) is 0. The van der Waals surface area contributed by atoms with Gasteiger partial charge in [0.15, 0.2) is 0 Å². The van der Waals surface area contributed by atoms with Gasteiger partial charge in [0.1, 0.15) is 0 Å². The van der Waals surface area contributed by atoms with Gasteiger partial charge in [0.2, 0.25) is 0 Å². The van der Waals surface area contributed by atoms with Gasteiger partial charge in [-0.3, -0.25) is 0 Å². The van der Waals surface area contributed by atoms with Gasteiger partial charge in [0.05, 0.1) is 0 Å². The van der Waals surface area contributed by atoms with E-state index in [2.05, 4.69) is 72.3 Å². The molecule has 0 spiro atoms. The molecule has 25 heavy (non-hydrogen) atoms. The van der Waals surface area contributed by atoms with E-state index in [0.29, 0.717) is 10.2 Å². The molecule has 1 unspecified atom stereocenters. The Hall–Kier alpha value is -0.0500. The van der Waals surface area contributed by atoms with Gasteiger partial charge in [0.25, 0.3) is 0 Å². The first-order valence-corrected chi connectivity index (χ1v) is 15.8. The van der Waals surface area contributed by atoms with Crippen molar-refractivity contribution in [3.8, 4) is 0 Å². The summed E-state index contributed by atoms with van der Waals surface area (Å²) < 4.78 is 4.96. The summed E-state index contributed by atoms with van der Waals surface area (Å²) in [5.41, 5.74) is 2.96. The van der Waals surface area contributed by atoms with Crippen LogP contribution in [0.2, 0.25) is 19.1 Å². The van der Waals surface area contributed by atoms with E-state index in [9.17, 15) is 5.11 Å². The van der Waals surface area contributed by atoms with Crippen LogP contribution in [-0.4, -0.2) is 23.5 Å². The maximum Gasteiger partial charge on any atom is -1.00 e. The van der Waals surface area contributed by atoms with Crippen molar-refractivity contribution in [3.05, 3.63) is 62.1 Å². The van der Waals surface area contributed by atoms with Crippen LogP contribution in [0.5, 0.6) is 0 Å². The van der Waals surface area contributed by atoms with Crippen LogP contribution in [0.4, 0.5) is 0 Å². The Morgan fingerprint density at radius 3 is 2.64 bits per heavy atom. The van der Waals surface area contributed by atoms with Crippen LogP contribution in [0.15, 0.2) is 51.0 Å². The molecule has 1 N–H and O–H groups in total. The topological polar surface area (TPSA) is 20.2 Å². The number of halogens is 2. The van der Waals surface area contributed by atoms with E-state index in [1.54, 1.807) is 14.0 Å². The number of allylic oxidation sites excluding steroid dienone is 5. The molecule has 0 saturated carbocycles. The van der Waals surface area contributed by atoms with Gasteiger partial charge in [-0.1, -0.05) is 0 Å². The summed E-state index contributed by atoms with van der Waals surface area (Å²) in [6, 6.07) is 9.86. The van der Waals surface area contributed by atoms with Crippen molar-refractivity contribution in [3.63, 3.8) is 0 Å². The fourth-order valence-electron chi connectivity index (χ4n) is 3.71. The second-order valence-corrected chi connectivity index (χ2v) is 18.7. The molecule has 0 amide bonds. The summed E-state index contributed by atoms with van der Waals surface area (Å²) in [6.07, 6.45) is 10.9. The summed E-state index contributed by atoms with van der Waals surface area (Å²) in [7, 11) is -1.45. The number of fused-ring (bicyclic) bond motifs is 1. The molecule has 2 aliphatic rings. The predicted molar refractivity (Wildman–Crippen MR) is 100 cm³/mol. The van der Waals surface area contributed by atoms with Crippen LogP contribution in [0.25, 0.3) is 6.08 Å². The summed E-state index contributed by atoms with van der Waals surface area (Å²) in [5, 5.41) is 10.9.